The zero-order chi connectivity index (χ0) is 12.3. The Kier molecular flexibility index (Phi) is 4.77. The van der Waals surface area contributed by atoms with Gasteiger partial charge in [0.1, 0.15) is 0 Å². The normalized spacial score (nSPS) is 29.4. The molecule has 0 bridgehead atoms. The molecule has 1 fully saturated rings. The van der Waals surface area contributed by atoms with Gasteiger partial charge in [-0.1, -0.05) is 6.92 Å². The van der Waals surface area contributed by atoms with E-state index in [2.05, 4.69) is 56.9 Å². The van der Waals surface area contributed by atoms with E-state index in [1.54, 1.807) is 0 Å². The topological polar surface area (TPSA) is 18.5 Å². The SMILES string of the molecule is CC1CNC(CN(C)C)CN(C(C)(C)C)C1. The molecule has 3 nitrogen and oxygen atoms in total. The fraction of sp³-hybridized carbons (Fsp3) is 1.00. The Morgan fingerprint density at radius 2 is 1.88 bits per heavy atom. The molecule has 0 radical (unpaired) electrons. The molecule has 0 saturated carbocycles. The van der Waals surface area contributed by atoms with Gasteiger partial charge in [-0.05, 0) is 47.3 Å². The third kappa shape index (κ3) is 4.40. The van der Waals surface area contributed by atoms with Crippen LogP contribution in [0.4, 0.5) is 0 Å². The molecule has 16 heavy (non-hydrogen) atoms. The van der Waals surface area contributed by atoms with Crippen LogP contribution >= 0.6 is 0 Å². The van der Waals surface area contributed by atoms with Gasteiger partial charge >= 0.3 is 0 Å². The molecule has 1 aliphatic rings. The van der Waals surface area contributed by atoms with Gasteiger partial charge in [-0.15, -0.1) is 0 Å². The number of nitrogens with zero attached hydrogens (tertiary/aromatic N) is 2. The summed E-state index contributed by atoms with van der Waals surface area (Å²) in [6.45, 7) is 13.9. The minimum Gasteiger partial charge on any atom is -0.311 e. The van der Waals surface area contributed by atoms with Crippen molar-refractivity contribution in [2.45, 2.75) is 39.3 Å². The highest BCUT2D eigenvalue weighted by Crippen LogP contribution is 2.18. The molecule has 2 atom stereocenters. The van der Waals surface area contributed by atoms with E-state index in [1.165, 1.54) is 6.54 Å². The van der Waals surface area contributed by atoms with Crippen LogP contribution in [0.3, 0.4) is 0 Å². The summed E-state index contributed by atoms with van der Waals surface area (Å²) < 4.78 is 0. The number of hydrogen-bond acceptors (Lipinski definition) is 3. The monoisotopic (exact) mass is 227 g/mol. The fourth-order valence-corrected chi connectivity index (χ4v) is 2.32. The van der Waals surface area contributed by atoms with Gasteiger partial charge in [0.05, 0.1) is 0 Å². The highest BCUT2D eigenvalue weighted by Gasteiger charge is 2.28. The summed E-state index contributed by atoms with van der Waals surface area (Å²) in [5.74, 6) is 0.742. The van der Waals surface area contributed by atoms with Crippen LogP contribution in [-0.4, -0.2) is 61.7 Å². The van der Waals surface area contributed by atoms with Crippen molar-refractivity contribution < 1.29 is 0 Å². The second-order valence-electron chi connectivity index (χ2n) is 6.55. The first-order valence-electron chi connectivity index (χ1n) is 6.42. The van der Waals surface area contributed by atoms with Crippen molar-refractivity contribution in [1.82, 2.24) is 15.1 Å². The van der Waals surface area contributed by atoms with Crippen molar-refractivity contribution in [2.24, 2.45) is 5.92 Å². The van der Waals surface area contributed by atoms with Crippen LogP contribution in [0.5, 0.6) is 0 Å². The van der Waals surface area contributed by atoms with E-state index in [4.69, 9.17) is 0 Å². The predicted octanol–water partition coefficient (Wildman–Crippen LogP) is 1.26. The van der Waals surface area contributed by atoms with Gasteiger partial charge in [-0.2, -0.15) is 0 Å². The van der Waals surface area contributed by atoms with Gasteiger partial charge in [0, 0.05) is 31.2 Å². The molecule has 0 aliphatic carbocycles. The first kappa shape index (κ1) is 13.9. The molecule has 0 aromatic heterocycles. The van der Waals surface area contributed by atoms with Crippen LogP contribution in [0.1, 0.15) is 27.7 Å². The smallest absolute Gasteiger partial charge is 0.0322 e. The van der Waals surface area contributed by atoms with Crippen LogP contribution in [-0.2, 0) is 0 Å². The van der Waals surface area contributed by atoms with Crippen LogP contribution in [0.15, 0.2) is 0 Å². The Hall–Kier alpha value is -0.120. The zero-order valence-corrected chi connectivity index (χ0v) is 11.9. The van der Waals surface area contributed by atoms with Crippen LogP contribution in [0.2, 0.25) is 0 Å². The van der Waals surface area contributed by atoms with Gasteiger partial charge in [0.2, 0.25) is 0 Å². The predicted molar refractivity (Wildman–Crippen MR) is 70.8 cm³/mol. The van der Waals surface area contributed by atoms with Gasteiger partial charge in [-0.25, -0.2) is 0 Å². The van der Waals surface area contributed by atoms with E-state index < -0.39 is 0 Å². The molecule has 1 aliphatic heterocycles. The van der Waals surface area contributed by atoms with E-state index >= 15 is 0 Å². The molecule has 1 heterocycles. The van der Waals surface area contributed by atoms with Gasteiger partial charge in [0.25, 0.3) is 0 Å². The first-order valence-corrected chi connectivity index (χ1v) is 6.42. The Bertz CT molecular complexity index is 208. The highest BCUT2D eigenvalue weighted by molar-refractivity contribution is 4.86. The standard InChI is InChI=1S/C13H29N3/c1-11-7-14-12(9-15(5)6)10-16(8-11)13(2,3)4/h11-12,14H,7-10H2,1-6H3. The average molecular weight is 227 g/mol. The largest absolute Gasteiger partial charge is 0.311 e. The van der Waals surface area contributed by atoms with Crippen molar-refractivity contribution in [3.8, 4) is 0 Å². The molecule has 0 spiro atoms. The number of likely N-dealkylation sites (N-methyl/N-ethyl adjacent to an activating group) is 1. The molecular weight excluding hydrogens is 198 g/mol. The van der Waals surface area contributed by atoms with Gasteiger partial charge in [-0.3, -0.25) is 4.90 Å². The average Bonchev–Trinajstić information content (AvgIpc) is 2.26. The lowest BCUT2D eigenvalue weighted by Crippen LogP contribution is -2.49. The summed E-state index contributed by atoms with van der Waals surface area (Å²) in [7, 11) is 4.30. The molecule has 1 N–H and O–H groups in total. The van der Waals surface area contributed by atoms with Crippen LogP contribution < -0.4 is 5.32 Å². The van der Waals surface area contributed by atoms with Gasteiger partial charge in [0.15, 0.2) is 0 Å². The van der Waals surface area contributed by atoms with E-state index in [9.17, 15) is 0 Å². The molecule has 1 rings (SSSR count). The summed E-state index contributed by atoms with van der Waals surface area (Å²) in [6.07, 6.45) is 0. The molecule has 1 saturated heterocycles. The minimum atomic E-state index is 0.283. The second kappa shape index (κ2) is 5.48. The van der Waals surface area contributed by atoms with Crippen molar-refractivity contribution in [3.63, 3.8) is 0 Å². The number of nitrogens with one attached hydrogen (secondary N) is 1. The van der Waals surface area contributed by atoms with E-state index in [-0.39, 0.29) is 5.54 Å². The Balaban J connectivity index is 2.63. The third-order valence-corrected chi connectivity index (χ3v) is 3.26. The molecule has 2 unspecified atom stereocenters. The molecular formula is C13H29N3. The number of rotatable bonds is 2. The third-order valence-electron chi connectivity index (χ3n) is 3.26. The molecule has 3 heteroatoms. The minimum absolute atomic E-state index is 0.283. The molecule has 0 aromatic carbocycles. The molecule has 0 aromatic rings. The van der Waals surface area contributed by atoms with Crippen molar-refractivity contribution in [1.29, 1.82) is 0 Å². The van der Waals surface area contributed by atoms with Crippen molar-refractivity contribution >= 4 is 0 Å². The Morgan fingerprint density at radius 3 is 2.38 bits per heavy atom. The quantitative estimate of drug-likeness (QED) is 0.766. The first-order chi connectivity index (χ1) is 7.29. The summed E-state index contributed by atoms with van der Waals surface area (Å²) in [6, 6.07) is 0.596. The maximum Gasteiger partial charge on any atom is 0.0322 e. The summed E-state index contributed by atoms with van der Waals surface area (Å²) in [4.78, 5) is 4.89. The van der Waals surface area contributed by atoms with E-state index in [0.29, 0.717) is 6.04 Å². The second-order valence-corrected chi connectivity index (χ2v) is 6.55. The Labute approximate surface area is 101 Å². The van der Waals surface area contributed by atoms with Crippen molar-refractivity contribution in [3.05, 3.63) is 0 Å². The lowest BCUT2D eigenvalue weighted by molar-refractivity contribution is 0.117. The van der Waals surface area contributed by atoms with Crippen LogP contribution in [0.25, 0.3) is 0 Å². The van der Waals surface area contributed by atoms with E-state index in [1.807, 2.05) is 0 Å². The van der Waals surface area contributed by atoms with Crippen molar-refractivity contribution in [2.75, 3.05) is 40.3 Å². The summed E-state index contributed by atoms with van der Waals surface area (Å²) >= 11 is 0. The highest BCUT2D eigenvalue weighted by atomic mass is 15.2. The lowest BCUT2D eigenvalue weighted by Gasteiger charge is -2.37. The zero-order valence-electron chi connectivity index (χ0n) is 11.9. The van der Waals surface area contributed by atoms with E-state index in [0.717, 1.165) is 25.6 Å². The maximum absolute atomic E-state index is 3.68. The van der Waals surface area contributed by atoms with Gasteiger partial charge < -0.3 is 10.2 Å². The molecule has 96 valence electrons. The summed E-state index contributed by atoms with van der Waals surface area (Å²) in [5, 5.41) is 3.68. The lowest BCUT2D eigenvalue weighted by atomic mass is 10.0. The fourth-order valence-electron chi connectivity index (χ4n) is 2.32. The van der Waals surface area contributed by atoms with Crippen LogP contribution in [0, 0.1) is 5.92 Å². The number of hydrogen-bond donors (Lipinski definition) is 1. The summed E-state index contributed by atoms with van der Waals surface area (Å²) in [5.41, 5.74) is 0.283. The maximum atomic E-state index is 3.68. The molecule has 0 amide bonds. The Morgan fingerprint density at radius 1 is 1.25 bits per heavy atom.